The van der Waals surface area contributed by atoms with Crippen molar-refractivity contribution in [2.75, 3.05) is 14.1 Å². The average Bonchev–Trinajstić information content (AvgIpc) is 3.03. The summed E-state index contributed by atoms with van der Waals surface area (Å²) in [5.41, 5.74) is 0.370. The number of hydrogen-bond acceptors (Lipinski definition) is 4. The number of likely N-dealkylation sites (N-methyl/N-ethyl adjacent to an activating group) is 1. The second kappa shape index (κ2) is 7.37. The molecule has 0 bridgehead atoms. The second-order valence-electron chi connectivity index (χ2n) is 6.07. The summed E-state index contributed by atoms with van der Waals surface area (Å²) in [4.78, 5) is 33.8. The maximum Gasteiger partial charge on any atom is 0.354 e. The van der Waals surface area contributed by atoms with Crippen LogP contribution in [0, 0.1) is 5.92 Å². The highest BCUT2D eigenvalue weighted by molar-refractivity contribution is 6.68. The molecular weight excluding hydrogens is 296 g/mol. The maximum atomic E-state index is 12.0. The molecule has 2 rings (SSSR count). The summed E-state index contributed by atoms with van der Waals surface area (Å²) in [7, 11) is -0.235. The Morgan fingerprint density at radius 3 is 2.55 bits per heavy atom. The van der Waals surface area contributed by atoms with Crippen LogP contribution in [-0.2, 0) is 11.2 Å². The van der Waals surface area contributed by atoms with Crippen molar-refractivity contribution >= 4 is 14.5 Å². The van der Waals surface area contributed by atoms with Gasteiger partial charge in [-0.3, -0.25) is 4.79 Å². The highest BCUT2D eigenvalue weighted by Gasteiger charge is 2.53. The number of carbonyl (C=O) groups is 1. The van der Waals surface area contributed by atoms with Crippen LogP contribution < -0.4 is 10.6 Å². The van der Waals surface area contributed by atoms with Crippen LogP contribution in [0.3, 0.4) is 0 Å². The maximum absolute atomic E-state index is 12.0. The molecule has 6 heteroatoms. The topological polar surface area (TPSA) is 81.6 Å². The lowest BCUT2D eigenvalue weighted by Crippen LogP contribution is -2.60. The van der Waals surface area contributed by atoms with E-state index < -0.39 is 8.56 Å². The van der Waals surface area contributed by atoms with Crippen molar-refractivity contribution in [1.29, 1.82) is 0 Å². The van der Waals surface area contributed by atoms with Gasteiger partial charge in [-0.05, 0) is 31.9 Å². The van der Waals surface area contributed by atoms with Crippen molar-refractivity contribution in [3.8, 4) is 0 Å². The van der Waals surface area contributed by atoms with E-state index in [0.717, 1.165) is 18.4 Å². The van der Waals surface area contributed by atoms with Crippen molar-refractivity contribution in [2.24, 2.45) is 5.92 Å². The molecule has 1 saturated carbocycles. The van der Waals surface area contributed by atoms with Crippen molar-refractivity contribution < 1.29 is 14.4 Å². The van der Waals surface area contributed by atoms with E-state index in [9.17, 15) is 14.4 Å². The third kappa shape index (κ3) is 3.57. The minimum Gasteiger partial charge on any atom is -0.410 e. The van der Waals surface area contributed by atoms with E-state index in [0.29, 0.717) is 12.8 Å². The SMILES string of the molecule is CNC(=O)C1CCC[C@H]1[Si](O)(O)[C@H](Cc1ccccc1)NC. The zero-order chi connectivity index (χ0) is 16.2. The van der Waals surface area contributed by atoms with E-state index in [-0.39, 0.29) is 23.0 Å². The number of nitrogens with one attached hydrogen (secondary N) is 2. The molecule has 0 aromatic heterocycles. The van der Waals surface area contributed by atoms with Gasteiger partial charge >= 0.3 is 8.56 Å². The smallest absolute Gasteiger partial charge is 0.354 e. The highest BCUT2D eigenvalue weighted by Crippen LogP contribution is 2.43. The minimum atomic E-state index is -3.60. The van der Waals surface area contributed by atoms with E-state index in [4.69, 9.17) is 0 Å². The van der Waals surface area contributed by atoms with Gasteiger partial charge in [0.2, 0.25) is 5.91 Å². The Bertz CT molecular complexity index is 495. The standard InChI is InChI=1S/C16H26N2O3Si/c1-17-15(11-12-7-4-3-5-8-12)22(20,21)14-10-6-9-13(14)16(19)18-2/h3-5,7-8,13-15,17,20-21H,6,9-11H2,1-2H3,(H,18,19)/t13?,14-,15-/m1/s1. The first-order chi connectivity index (χ1) is 10.5. The minimum absolute atomic E-state index is 0.0722. The fourth-order valence-corrected chi connectivity index (χ4v) is 6.56. The Labute approximate surface area is 133 Å². The summed E-state index contributed by atoms with van der Waals surface area (Å²) in [5, 5.41) is 5.73. The van der Waals surface area contributed by atoms with Gasteiger partial charge in [-0.1, -0.05) is 36.8 Å². The molecule has 1 fully saturated rings. The summed E-state index contributed by atoms with van der Waals surface area (Å²) < 4.78 is 0. The quantitative estimate of drug-likeness (QED) is 0.581. The van der Waals surface area contributed by atoms with Gasteiger partial charge in [0.15, 0.2) is 0 Å². The Hall–Kier alpha value is -1.21. The number of amides is 1. The third-order valence-electron chi connectivity index (χ3n) is 4.79. The van der Waals surface area contributed by atoms with Gasteiger partial charge in [0.25, 0.3) is 0 Å². The summed E-state index contributed by atoms with van der Waals surface area (Å²) in [6.45, 7) is 0. The molecule has 1 aromatic carbocycles. The van der Waals surface area contributed by atoms with Gasteiger partial charge < -0.3 is 20.2 Å². The Morgan fingerprint density at radius 1 is 1.27 bits per heavy atom. The van der Waals surface area contributed by atoms with Crippen LogP contribution in [0.1, 0.15) is 24.8 Å². The molecule has 0 radical (unpaired) electrons. The van der Waals surface area contributed by atoms with Gasteiger partial charge in [-0.2, -0.15) is 0 Å². The van der Waals surface area contributed by atoms with Gasteiger partial charge in [0, 0.05) is 18.5 Å². The first kappa shape index (κ1) is 17.1. The second-order valence-corrected chi connectivity index (χ2v) is 9.08. The third-order valence-corrected chi connectivity index (χ3v) is 8.09. The molecule has 22 heavy (non-hydrogen) atoms. The van der Waals surface area contributed by atoms with Crippen LogP contribution in [0.4, 0.5) is 0 Å². The summed E-state index contributed by atoms with van der Waals surface area (Å²) >= 11 is 0. The molecule has 1 aliphatic carbocycles. The summed E-state index contributed by atoms with van der Waals surface area (Å²) in [6.07, 6.45) is 2.89. The predicted molar refractivity (Wildman–Crippen MR) is 88.3 cm³/mol. The fraction of sp³-hybridized carbons (Fsp3) is 0.562. The van der Waals surface area contributed by atoms with Gasteiger partial charge in [-0.25, -0.2) is 0 Å². The average molecular weight is 322 g/mol. The molecule has 3 atom stereocenters. The largest absolute Gasteiger partial charge is 0.410 e. The number of carbonyl (C=O) groups excluding carboxylic acids is 1. The molecular formula is C16H26N2O3Si. The molecule has 1 aliphatic rings. The van der Waals surface area contributed by atoms with E-state index in [1.54, 1.807) is 14.1 Å². The van der Waals surface area contributed by atoms with E-state index in [1.807, 2.05) is 30.3 Å². The van der Waals surface area contributed by atoms with Crippen LogP contribution in [0.5, 0.6) is 0 Å². The van der Waals surface area contributed by atoms with Gasteiger partial charge in [0.1, 0.15) is 0 Å². The molecule has 0 aliphatic heterocycles. The van der Waals surface area contributed by atoms with Crippen LogP contribution >= 0.6 is 0 Å². The molecule has 4 N–H and O–H groups in total. The molecule has 1 aromatic rings. The predicted octanol–water partition coefficient (Wildman–Crippen LogP) is 0.699. The normalized spacial score (nSPS) is 23.3. The Morgan fingerprint density at radius 2 is 1.95 bits per heavy atom. The molecule has 122 valence electrons. The lowest BCUT2D eigenvalue weighted by Gasteiger charge is -2.35. The zero-order valence-corrected chi connectivity index (χ0v) is 14.2. The number of hydrogen-bond donors (Lipinski definition) is 4. The lowest BCUT2D eigenvalue weighted by atomic mass is 10.1. The zero-order valence-electron chi connectivity index (χ0n) is 13.2. The molecule has 0 spiro atoms. The molecule has 0 heterocycles. The molecule has 1 unspecified atom stereocenters. The van der Waals surface area contributed by atoms with Crippen molar-refractivity contribution in [3.05, 3.63) is 35.9 Å². The van der Waals surface area contributed by atoms with Crippen molar-refractivity contribution in [3.63, 3.8) is 0 Å². The first-order valence-electron chi connectivity index (χ1n) is 7.88. The Balaban J connectivity index is 2.17. The van der Waals surface area contributed by atoms with Gasteiger partial charge in [0.05, 0.1) is 5.67 Å². The van der Waals surface area contributed by atoms with Gasteiger partial charge in [-0.15, -0.1) is 0 Å². The van der Waals surface area contributed by atoms with Crippen LogP contribution in [0.25, 0.3) is 0 Å². The van der Waals surface area contributed by atoms with E-state index in [1.165, 1.54) is 0 Å². The summed E-state index contributed by atoms with van der Waals surface area (Å²) in [6, 6.07) is 9.81. The lowest BCUT2D eigenvalue weighted by molar-refractivity contribution is -0.124. The highest BCUT2D eigenvalue weighted by atomic mass is 28.4. The van der Waals surface area contributed by atoms with Crippen LogP contribution in [-0.4, -0.2) is 43.8 Å². The van der Waals surface area contributed by atoms with Crippen LogP contribution in [0.15, 0.2) is 30.3 Å². The number of benzene rings is 1. The molecule has 1 amide bonds. The van der Waals surface area contributed by atoms with E-state index >= 15 is 0 Å². The van der Waals surface area contributed by atoms with Crippen LogP contribution in [0.2, 0.25) is 5.54 Å². The molecule has 0 saturated heterocycles. The Kier molecular flexibility index (Phi) is 5.74. The number of rotatable bonds is 6. The summed E-state index contributed by atoms with van der Waals surface area (Å²) in [5.74, 6) is -0.352. The molecule has 5 nitrogen and oxygen atoms in total. The first-order valence-corrected chi connectivity index (χ1v) is 9.93. The van der Waals surface area contributed by atoms with Crippen molar-refractivity contribution in [2.45, 2.75) is 36.9 Å². The van der Waals surface area contributed by atoms with E-state index in [2.05, 4.69) is 10.6 Å². The fourth-order valence-electron chi connectivity index (χ4n) is 3.54. The van der Waals surface area contributed by atoms with Crippen molar-refractivity contribution in [1.82, 2.24) is 10.6 Å². The monoisotopic (exact) mass is 322 g/mol.